The molecule has 0 heterocycles. The zero-order valence-electron chi connectivity index (χ0n) is 25.1. The maximum atomic E-state index is 10.3. The summed E-state index contributed by atoms with van der Waals surface area (Å²) in [7, 11) is 1.30. The fourth-order valence-electron chi connectivity index (χ4n) is 3.18. The molecule has 3 heteroatoms. The van der Waals surface area contributed by atoms with Gasteiger partial charge in [0.1, 0.15) is 0 Å². The molecule has 1 rings (SSSR count). The van der Waals surface area contributed by atoms with Crippen LogP contribution in [0.3, 0.4) is 0 Å². The Morgan fingerprint density at radius 1 is 1.00 bits per heavy atom. The van der Waals surface area contributed by atoms with Crippen molar-refractivity contribution in [3.8, 4) is 0 Å². The van der Waals surface area contributed by atoms with Gasteiger partial charge in [0.25, 0.3) is 0 Å². The maximum absolute atomic E-state index is 10.3. The Morgan fingerprint density at radius 3 is 1.68 bits per heavy atom. The van der Waals surface area contributed by atoms with Crippen LogP contribution in [0.25, 0.3) is 0 Å². The molecule has 1 aliphatic rings. The molecule has 0 N–H and O–H groups in total. The summed E-state index contributed by atoms with van der Waals surface area (Å²) in [5.74, 6) is -0.431. The number of carbonyl (C=O) groups excluding carboxylic acids is 1. The lowest BCUT2D eigenvalue weighted by Crippen LogP contribution is -2.41. The smallest absolute Gasteiger partial charge is 0.337 e. The van der Waals surface area contributed by atoms with Crippen molar-refractivity contribution in [3.05, 3.63) is 48.7 Å². The van der Waals surface area contributed by atoms with E-state index in [0.29, 0.717) is 6.04 Å². The molecule has 34 heavy (non-hydrogen) atoms. The lowest BCUT2D eigenvalue weighted by atomic mass is 9.92. The minimum atomic E-state index is -0.431. The number of unbranched alkanes of at least 4 members (excludes halogenated alkanes) is 1. The number of nitrogens with zero attached hydrogens (tertiary/aromatic N) is 1. The van der Waals surface area contributed by atoms with Crippen LogP contribution in [0.2, 0.25) is 0 Å². The Morgan fingerprint density at radius 2 is 1.44 bits per heavy atom. The summed E-state index contributed by atoms with van der Waals surface area (Å²) in [5.41, 5.74) is 2.93. The molecule has 0 bridgehead atoms. The van der Waals surface area contributed by atoms with Gasteiger partial charge >= 0.3 is 5.97 Å². The topological polar surface area (TPSA) is 29.5 Å². The summed E-state index contributed by atoms with van der Waals surface area (Å²) >= 11 is 0. The van der Waals surface area contributed by atoms with Gasteiger partial charge in [-0.15, -0.1) is 0 Å². The van der Waals surface area contributed by atoms with Gasteiger partial charge in [0, 0.05) is 17.8 Å². The number of hydrogen-bond acceptors (Lipinski definition) is 3. The molecule has 0 radical (unpaired) electrons. The highest BCUT2D eigenvalue weighted by Crippen LogP contribution is 2.27. The number of allylic oxidation sites excluding steroid dienone is 3. The Bertz CT molecular complexity index is 522. The molecule has 0 spiro atoms. The third-order valence-electron chi connectivity index (χ3n) is 5.36. The van der Waals surface area contributed by atoms with Crippen molar-refractivity contribution in [2.24, 2.45) is 0 Å². The minimum Gasteiger partial charge on any atom is -0.465 e. The molecule has 0 aromatic carbocycles. The molecule has 0 aromatic heterocycles. The molecule has 202 valence electrons. The molecule has 1 atom stereocenters. The van der Waals surface area contributed by atoms with Crippen LogP contribution in [-0.4, -0.2) is 30.1 Å². The van der Waals surface area contributed by atoms with E-state index in [1.54, 1.807) is 0 Å². The summed E-state index contributed by atoms with van der Waals surface area (Å²) in [4.78, 5) is 12.9. The molecule has 3 nitrogen and oxygen atoms in total. The molecule has 1 aliphatic carbocycles. The normalized spacial score (nSPS) is 12.7. The van der Waals surface area contributed by atoms with E-state index >= 15 is 0 Å². The number of ether oxygens (including phenoxy) is 1. The highest BCUT2D eigenvalue weighted by Gasteiger charge is 2.24. The van der Waals surface area contributed by atoms with E-state index in [2.05, 4.69) is 83.9 Å². The lowest BCUT2D eigenvalue weighted by molar-refractivity contribution is -0.135. The van der Waals surface area contributed by atoms with Crippen LogP contribution in [0.15, 0.2) is 48.7 Å². The first-order chi connectivity index (χ1) is 16.1. The number of methoxy groups -OCH3 is 1. The molecule has 0 saturated heterocycles. The SMILES string of the molecule is C=C(C)N(C(C)CCC)C1CCCCC1.C=CC(=C)C(=O)OC.CC.CC=C(C)C.CCCC. The largest absolute Gasteiger partial charge is 0.465 e. The Hall–Kier alpha value is -1.77. The highest BCUT2D eigenvalue weighted by molar-refractivity contribution is 5.90. The average molecular weight is 480 g/mol. The lowest BCUT2D eigenvalue weighted by Gasteiger charge is -2.40. The van der Waals surface area contributed by atoms with Crippen molar-refractivity contribution >= 4 is 5.97 Å². The van der Waals surface area contributed by atoms with Gasteiger partial charge in [0.2, 0.25) is 0 Å². The van der Waals surface area contributed by atoms with Gasteiger partial charge in [0.05, 0.1) is 12.7 Å². The fraction of sp³-hybridized carbons (Fsp3) is 0.710. The Balaban J connectivity index is -0.000000199. The second-order valence-electron chi connectivity index (χ2n) is 8.66. The van der Waals surface area contributed by atoms with Crippen molar-refractivity contribution in [2.75, 3.05) is 7.11 Å². The van der Waals surface area contributed by atoms with E-state index < -0.39 is 5.97 Å². The quantitative estimate of drug-likeness (QED) is 0.150. The van der Waals surface area contributed by atoms with E-state index in [9.17, 15) is 4.79 Å². The third kappa shape index (κ3) is 24.9. The van der Waals surface area contributed by atoms with Crippen LogP contribution in [0.4, 0.5) is 0 Å². The zero-order valence-corrected chi connectivity index (χ0v) is 25.1. The van der Waals surface area contributed by atoms with Crippen LogP contribution >= 0.6 is 0 Å². The van der Waals surface area contributed by atoms with Gasteiger partial charge in [0.15, 0.2) is 0 Å². The van der Waals surface area contributed by atoms with Crippen LogP contribution < -0.4 is 0 Å². The summed E-state index contributed by atoms with van der Waals surface area (Å²) in [6, 6.07) is 1.45. The summed E-state index contributed by atoms with van der Waals surface area (Å²) in [6.45, 7) is 32.2. The Labute approximate surface area is 215 Å². The summed E-state index contributed by atoms with van der Waals surface area (Å²) < 4.78 is 4.29. The fourth-order valence-corrected chi connectivity index (χ4v) is 3.18. The molecular formula is C31H61NO2. The van der Waals surface area contributed by atoms with Gasteiger partial charge < -0.3 is 9.64 Å². The van der Waals surface area contributed by atoms with E-state index in [-0.39, 0.29) is 5.57 Å². The highest BCUT2D eigenvalue weighted by atomic mass is 16.5. The minimum absolute atomic E-state index is 0.285. The zero-order chi connectivity index (χ0) is 27.5. The molecule has 1 fully saturated rings. The van der Waals surface area contributed by atoms with Gasteiger partial charge in [-0.25, -0.2) is 4.79 Å². The number of carbonyl (C=O) groups is 1. The third-order valence-corrected chi connectivity index (χ3v) is 5.36. The van der Waals surface area contributed by atoms with Crippen molar-refractivity contribution < 1.29 is 9.53 Å². The van der Waals surface area contributed by atoms with Crippen LogP contribution in [0.1, 0.15) is 127 Å². The first kappa shape index (κ1) is 39.4. The maximum Gasteiger partial charge on any atom is 0.337 e. The van der Waals surface area contributed by atoms with Gasteiger partial charge in [-0.3, -0.25) is 0 Å². The van der Waals surface area contributed by atoms with Gasteiger partial charge in [-0.1, -0.05) is 111 Å². The summed E-state index contributed by atoms with van der Waals surface area (Å²) in [6.07, 6.45) is 15.7. The van der Waals surface area contributed by atoms with Crippen LogP contribution in [-0.2, 0) is 9.53 Å². The average Bonchev–Trinajstić information content (AvgIpc) is 2.85. The second-order valence-corrected chi connectivity index (χ2v) is 8.66. The molecule has 0 amide bonds. The molecule has 1 unspecified atom stereocenters. The van der Waals surface area contributed by atoms with Gasteiger partial charge in [-0.2, -0.15) is 0 Å². The molecule has 1 saturated carbocycles. The Kier molecular flexibility index (Phi) is 33.9. The van der Waals surface area contributed by atoms with Crippen molar-refractivity contribution in [1.82, 2.24) is 4.90 Å². The number of esters is 1. The predicted molar refractivity (Wildman–Crippen MR) is 156 cm³/mol. The van der Waals surface area contributed by atoms with Crippen LogP contribution in [0, 0.1) is 0 Å². The monoisotopic (exact) mass is 479 g/mol. The van der Waals surface area contributed by atoms with E-state index in [4.69, 9.17) is 0 Å². The van der Waals surface area contributed by atoms with E-state index in [1.165, 1.54) is 82.2 Å². The van der Waals surface area contributed by atoms with Crippen molar-refractivity contribution in [1.29, 1.82) is 0 Å². The van der Waals surface area contributed by atoms with Gasteiger partial charge in [-0.05, 0) is 53.9 Å². The van der Waals surface area contributed by atoms with E-state index in [1.807, 2.05) is 20.8 Å². The second kappa shape index (κ2) is 29.3. The van der Waals surface area contributed by atoms with Crippen molar-refractivity contribution in [3.63, 3.8) is 0 Å². The number of rotatable bonds is 8. The van der Waals surface area contributed by atoms with E-state index in [0.717, 1.165) is 6.04 Å². The predicted octanol–water partition coefficient (Wildman–Crippen LogP) is 10.0. The standard InChI is InChI=1S/C14H27N.C6H8O2.C5H10.C4H10.C2H6/c1-5-9-13(4)15(12(2)3)14-10-7-6-8-11-14;1-4-5(2)6(7)8-3;1-4-5(2)3;1-3-4-2;1-2/h13-14H,2,5-11H2,1,3-4H3;4H,1-2H2,3H3;4H,1-3H3;3-4H2,1-2H3;1-2H3. The van der Waals surface area contributed by atoms with Crippen LogP contribution in [0.5, 0.6) is 0 Å². The first-order valence-corrected chi connectivity index (χ1v) is 13.5. The number of hydrogen-bond donors (Lipinski definition) is 0. The van der Waals surface area contributed by atoms with Crippen molar-refractivity contribution in [2.45, 2.75) is 139 Å². The summed E-state index contributed by atoms with van der Waals surface area (Å²) in [5, 5.41) is 0. The molecule has 0 aliphatic heterocycles. The first-order valence-electron chi connectivity index (χ1n) is 13.5. The molecular weight excluding hydrogens is 418 g/mol. The molecule has 0 aromatic rings.